The second-order valence-corrected chi connectivity index (χ2v) is 7.22. The predicted octanol–water partition coefficient (Wildman–Crippen LogP) is 3.52. The Bertz CT molecular complexity index is 638. The number of hydrogen-bond donors (Lipinski definition) is 0. The Morgan fingerprint density at radius 2 is 1.88 bits per heavy atom. The molecule has 144 valence electrons. The van der Waals surface area contributed by atoms with E-state index in [2.05, 4.69) is 0 Å². The van der Waals surface area contributed by atoms with Crippen LogP contribution in [-0.2, 0) is 9.59 Å². The fourth-order valence-corrected chi connectivity index (χ4v) is 3.61. The van der Waals surface area contributed by atoms with Gasteiger partial charge in [-0.25, -0.2) is 0 Å². The van der Waals surface area contributed by atoms with Gasteiger partial charge < -0.3 is 14.5 Å². The van der Waals surface area contributed by atoms with E-state index in [0.29, 0.717) is 36.7 Å². The highest BCUT2D eigenvalue weighted by atomic mass is 35.5. The number of carbonyl (C=O) groups excluding carboxylic acids is 2. The maximum atomic E-state index is 12.7. The van der Waals surface area contributed by atoms with Gasteiger partial charge in [-0.05, 0) is 64.3 Å². The largest absolute Gasteiger partial charge is 0.481 e. The molecule has 1 aliphatic rings. The summed E-state index contributed by atoms with van der Waals surface area (Å²) in [5, 5.41) is 0.647. The van der Waals surface area contributed by atoms with Gasteiger partial charge in [0.25, 0.3) is 5.91 Å². The van der Waals surface area contributed by atoms with Crippen molar-refractivity contribution in [1.82, 2.24) is 9.80 Å². The molecule has 0 aromatic heterocycles. The first-order valence-corrected chi connectivity index (χ1v) is 9.75. The van der Waals surface area contributed by atoms with Gasteiger partial charge in [-0.3, -0.25) is 9.59 Å². The summed E-state index contributed by atoms with van der Waals surface area (Å²) in [6, 6.07) is 5.36. The van der Waals surface area contributed by atoms with E-state index in [9.17, 15) is 9.59 Å². The van der Waals surface area contributed by atoms with Gasteiger partial charge in [0.1, 0.15) is 5.75 Å². The zero-order chi connectivity index (χ0) is 19.3. The minimum absolute atomic E-state index is 0.0219. The molecule has 2 amide bonds. The molecule has 1 aliphatic heterocycles. The molecule has 0 radical (unpaired) electrons. The second-order valence-electron chi connectivity index (χ2n) is 6.78. The van der Waals surface area contributed by atoms with Crippen molar-refractivity contribution in [3.05, 3.63) is 28.8 Å². The van der Waals surface area contributed by atoms with Crippen molar-refractivity contribution in [1.29, 1.82) is 0 Å². The number of amides is 2. The van der Waals surface area contributed by atoms with Crippen LogP contribution in [0.3, 0.4) is 0 Å². The lowest BCUT2D eigenvalue weighted by atomic mass is 9.95. The molecule has 5 nitrogen and oxygen atoms in total. The van der Waals surface area contributed by atoms with Crippen LogP contribution in [-0.4, -0.2) is 53.9 Å². The third-order valence-corrected chi connectivity index (χ3v) is 5.25. The standard InChI is InChI=1S/C20H29ClN2O3/c1-5-22(6-2)20(25)16-9-11-23(12-10-16)19(24)15(4)26-18-8-7-17(21)13-14(18)3/h7-8,13,15-16H,5-6,9-12H2,1-4H3. The van der Waals surface area contributed by atoms with Crippen LogP contribution in [0, 0.1) is 12.8 Å². The molecule has 6 heteroatoms. The van der Waals surface area contributed by atoms with Crippen molar-refractivity contribution in [2.75, 3.05) is 26.2 Å². The van der Waals surface area contributed by atoms with Gasteiger partial charge in [0.05, 0.1) is 0 Å². The van der Waals surface area contributed by atoms with Crippen LogP contribution in [0.2, 0.25) is 5.02 Å². The maximum Gasteiger partial charge on any atom is 0.263 e. The monoisotopic (exact) mass is 380 g/mol. The van der Waals surface area contributed by atoms with Crippen LogP contribution in [0.25, 0.3) is 0 Å². The van der Waals surface area contributed by atoms with Crippen LogP contribution >= 0.6 is 11.6 Å². The molecular weight excluding hydrogens is 352 g/mol. The molecule has 26 heavy (non-hydrogen) atoms. The summed E-state index contributed by atoms with van der Waals surface area (Å²) < 4.78 is 5.84. The highest BCUT2D eigenvalue weighted by molar-refractivity contribution is 6.30. The number of carbonyl (C=O) groups is 2. The quantitative estimate of drug-likeness (QED) is 0.758. The van der Waals surface area contributed by atoms with Crippen LogP contribution in [0.15, 0.2) is 18.2 Å². The van der Waals surface area contributed by atoms with Gasteiger partial charge in [-0.1, -0.05) is 11.6 Å². The summed E-state index contributed by atoms with van der Waals surface area (Å²) in [4.78, 5) is 28.8. The van der Waals surface area contributed by atoms with Crippen LogP contribution in [0.4, 0.5) is 0 Å². The summed E-state index contributed by atoms with van der Waals surface area (Å²) in [5.41, 5.74) is 0.903. The topological polar surface area (TPSA) is 49.9 Å². The van der Waals surface area contributed by atoms with Crippen LogP contribution in [0.5, 0.6) is 5.75 Å². The number of halogens is 1. The molecule has 1 atom stereocenters. The Morgan fingerprint density at radius 1 is 1.27 bits per heavy atom. The van der Waals surface area contributed by atoms with Crippen molar-refractivity contribution >= 4 is 23.4 Å². The highest BCUT2D eigenvalue weighted by Crippen LogP contribution is 2.24. The van der Waals surface area contributed by atoms with Gasteiger partial charge in [0.15, 0.2) is 6.10 Å². The average Bonchev–Trinajstić information content (AvgIpc) is 2.64. The molecule has 1 heterocycles. The summed E-state index contributed by atoms with van der Waals surface area (Å²) >= 11 is 5.96. The lowest BCUT2D eigenvalue weighted by Crippen LogP contribution is -2.47. The second kappa shape index (κ2) is 9.26. The first kappa shape index (κ1) is 20.6. The normalized spacial score (nSPS) is 16.3. The van der Waals surface area contributed by atoms with Crippen molar-refractivity contribution in [3.8, 4) is 5.75 Å². The Labute approximate surface area is 161 Å². The third-order valence-electron chi connectivity index (χ3n) is 5.02. The number of aryl methyl sites for hydroxylation is 1. The SMILES string of the molecule is CCN(CC)C(=O)C1CCN(C(=O)C(C)Oc2ccc(Cl)cc2C)CC1. The number of piperidine rings is 1. The first-order valence-electron chi connectivity index (χ1n) is 9.37. The molecule has 1 aromatic carbocycles. The molecule has 0 saturated carbocycles. The molecular formula is C20H29ClN2O3. The minimum Gasteiger partial charge on any atom is -0.481 e. The molecule has 1 saturated heterocycles. The van der Waals surface area contributed by atoms with Crippen LogP contribution in [0.1, 0.15) is 39.2 Å². The number of nitrogens with zero attached hydrogens (tertiary/aromatic N) is 2. The Morgan fingerprint density at radius 3 is 2.42 bits per heavy atom. The maximum absolute atomic E-state index is 12.7. The summed E-state index contributed by atoms with van der Waals surface area (Å²) in [6.07, 6.45) is 0.867. The number of likely N-dealkylation sites (tertiary alicyclic amines) is 1. The Balaban J connectivity index is 1.90. The van der Waals surface area contributed by atoms with Crippen molar-refractivity contribution in [2.24, 2.45) is 5.92 Å². The zero-order valence-corrected chi connectivity index (χ0v) is 16.9. The number of benzene rings is 1. The number of hydrogen-bond acceptors (Lipinski definition) is 3. The molecule has 0 aliphatic carbocycles. The lowest BCUT2D eigenvalue weighted by molar-refractivity contribution is -0.143. The molecule has 0 spiro atoms. The molecule has 1 aromatic rings. The van der Waals surface area contributed by atoms with Crippen LogP contribution < -0.4 is 4.74 Å². The molecule has 2 rings (SSSR count). The van der Waals surface area contributed by atoms with E-state index >= 15 is 0 Å². The lowest BCUT2D eigenvalue weighted by Gasteiger charge is -2.35. The van der Waals surface area contributed by atoms with E-state index in [1.54, 1.807) is 19.1 Å². The molecule has 1 unspecified atom stereocenters. The van der Waals surface area contributed by atoms with Gasteiger partial charge in [-0.2, -0.15) is 0 Å². The molecule has 1 fully saturated rings. The fourth-order valence-electron chi connectivity index (χ4n) is 3.38. The van der Waals surface area contributed by atoms with E-state index in [0.717, 1.165) is 18.7 Å². The van der Waals surface area contributed by atoms with Gasteiger partial charge in [-0.15, -0.1) is 0 Å². The highest BCUT2D eigenvalue weighted by Gasteiger charge is 2.31. The molecule has 0 N–H and O–H groups in total. The van der Waals surface area contributed by atoms with Crippen molar-refractivity contribution < 1.29 is 14.3 Å². The minimum atomic E-state index is -0.565. The molecule has 0 bridgehead atoms. The zero-order valence-electron chi connectivity index (χ0n) is 16.1. The Kier molecular flexibility index (Phi) is 7.33. The Hall–Kier alpha value is -1.75. The summed E-state index contributed by atoms with van der Waals surface area (Å²) in [6.45, 7) is 10.3. The average molecular weight is 381 g/mol. The van der Waals surface area contributed by atoms with Gasteiger partial charge >= 0.3 is 0 Å². The first-order chi connectivity index (χ1) is 12.4. The number of ether oxygens (including phenoxy) is 1. The number of rotatable bonds is 6. The fraction of sp³-hybridized carbons (Fsp3) is 0.600. The van der Waals surface area contributed by atoms with Gasteiger partial charge in [0, 0.05) is 37.1 Å². The van der Waals surface area contributed by atoms with E-state index in [-0.39, 0.29) is 17.7 Å². The van der Waals surface area contributed by atoms with E-state index < -0.39 is 6.10 Å². The van der Waals surface area contributed by atoms with Gasteiger partial charge in [0.2, 0.25) is 5.91 Å². The smallest absolute Gasteiger partial charge is 0.263 e. The third kappa shape index (κ3) is 4.91. The summed E-state index contributed by atoms with van der Waals surface area (Å²) in [5.74, 6) is 0.867. The van der Waals surface area contributed by atoms with E-state index in [1.165, 1.54) is 0 Å². The van der Waals surface area contributed by atoms with E-state index in [1.807, 2.05) is 36.6 Å². The van der Waals surface area contributed by atoms with Crippen molar-refractivity contribution in [3.63, 3.8) is 0 Å². The van der Waals surface area contributed by atoms with Crippen molar-refractivity contribution in [2.45, 2.75) is 46.6 Å². The predicted molar refractivity (Wildman–Crippen MR) is 104 cm³/mol. The van der Waals surface area contributed by atoms with E-state index in [4.69, 9.17) is 16.3 Å². The summed E-state index contributed by atoms with van der Waals surface area (Å²) in [7, 11) is 0.